The molecule has 0 aliphatic carbocycles. The molecule has 6 rings (SSSR count). The van der Waals surface area contributed by atoms with Crippen LogP contribution in [0.3, 0.4) is 0 Å². The molecule has 0 aliphatic rings. The van der Waals surface area contributed by atoms with Crippen molar-refractivity contribution in [1.29, 1.82) is 0 Å². The van der Waals surface area contributed by atoms with Gasteiger partial charge >= 0.3 is 0 Å². The van der Waals surface area contributed by atoms with Gasteiger partial charge in [0, 0.05) is 16.1 Å². The topological polar surface area (TPSA) is 98.7 Å². The number of benzene rings is 4. The Bertz CT molecular complexity index is 2000. The number of nitrogens with zero attached hydrogens (tertiary/aromatic N) is 3. The molecule has 1 N–H and O–H groups in total. The van der Waals surface area contributed by atoms with Crippen molar-refractivity contribution in [2.75, 3.05) is 11.9 Å². The fourth-order valence-corrected chi connectivity index (χ4v) is 4.91. The molecule has 6 aromatic rings. The van der Waals surface area contributed by atoms with Crippen molar-refractivity contribution in [3.8, 4) is 17.3 Å². The molecule has 41 heavy (non-hydrogen) atoms. The predicted octanol–water partition coefficient (Wildman–Crippen LogP) is 7.13. The quantitative estimate of drug-likeness (QED) is 0.190. The van der Waals surface area contributed by atoms with Crippen molar-refractivity contribution in [3.63, 3.8) is 0 Å². The molecule has 0 unspecified atom stereocenters. The number of ether oxygens (including phenoxy) is 1. The van der Waals surface area contributed by atoms with Crippen LogP contribution in [0, 0.1) is 0 Å². The number of rotatable bonds is 7. The van der Waals surface area contributed by atoms with Gasteiger partial charge in [-0.25, -0.2) is 4.98 Å². The minimum Gasteiger partial charge on any atom is -0.483 e. The molecule has 0 bridgehead atoms. The second kappa shape index (κ2) is 11.4. The Hall–Kier alpha value is -4.73. The molecule has 0 spiro atoms. The smallest absolute Gasteiger partial charge is 0.282 e. The summed E-state index contributed by atoms with van der Waals surface area (Å²) in [6.07, 6.45) is 1.54. The zero-order valence-corrected chi connectivity index (χ0v) is 23.6. The maximum absolute atomic E-state index is 13.5. The third kappa shape index (κ3) is 5.77. The monoisotopic (exact) mass is 626 g/mol. The number of fused-ring (bicyclic) bond motifs is 2. The molecule has 202 valence electrons. The highest BCUT2D eigenvalue weighted by atomic mass is 79.9. The Kier molecular flexibility index (Phi) is 7.37. The van der Waals surface area contributed by atoms with Gasteiger partial charge in [0.1, 0.15) is 11.3 Å². The fourth-order valence-electron chi connectivity index (χ4n) is 4.22. The lowest BCUT2D eigenvalue weighted by atomic mass is 10.2. The second-order valence-corrected chi connectivity index (χ2v) is 10.3. The van der Waals surface area contributed by atoms with Crippen LogP contribution in [0.5, 0.6) is 5.75 Å². The summed E-state index contributed by atoms with van der Waals surface area (Å²) >= 11 is 9.64. The van der Waals surface area contributed by atoms with Crippen LogP contribution in [0.2, 0.25) is 5.02 Å². The fraction of sp³-hybridized carbons (Fsp3) is 0.0323. The van der Waals surface area contributed by atoms with Crippen molar-refractivity contribution in [2.24, 2.45) is 5.10 Å². The van der Waals surface area contributed by atoms with E-state index in [-0.39, 0.29) is 23.9 Å². The standard InChI is InChI=1S/C31H20BrClN4O4/c32-24-14-19(10-12-27(24)40-18-29(38)35-22-6-2-1-3-7-22)17-34-37-30(36-25-9-5-4-8-23(25)31(37)39)28-16-20-15-21(33)11-13-26(20)41-28/h1-17H,18H2,(H,35,38). The molecular weight excluding hydrogens is 608 g/mol. The predicted molar refractivity (Wildman–Crippen MR) is 164 cm³/mol. The summed E-state index contributed by atoms with van der Waals surface area (Å²) in [4.78, 5) is 30.4. The van der Waals surface area contributed by atoms with E-state index in [0.29, 0.717) is 48.7 Å². The number of halogens is 2. The maximum atomic E-state index is 13.5. The van der Waals surface area contributed by atoms with Gasteiger partial charge < -0.3 is 14.5 Å². The first-order valence-electron chi connectivity index (χ1n) is 12.5. The molecule has 2 heterocycles. The van der Waals surface area contributed by atoms with Crippen LogP contribution in [0.1, 0.15) is 5.56 Å². The summed E-state index contributed by atoms with van der Waals surface area (Å²) in [6.45, 7) is -0.162. The van der Waals surface area contributed by atoms with E-state index in [1.807, 2.05) is 24.3 Å². The van der Waals surface area contributed by atoms with E-state index in [2.05, 4.69) is 26.3 Å². The normalized spacial score (nSPS) is 11.4. The molecule has 0 radical (unpaired) electrons. The molecule has 1 amide bonds. The number of nitrogens with one attached hydrogen (secondary N) is 1. The van der Waals surface area contributed by atoms with Crippen LogP contribution in [-0.2, 0) is 4.79 Å². The van der Waals surface area contributed by atoms with Gasteiger partial charge in [-0.2, -0.15) is 9.78 Å². The Morgan fingerprint density at radius 2 is 1.83 bits per heavy atom. The Labute approximate surface area is 247 Å². The molecule has 0 aliphatic heterocycles. The highest BCUT2D eigenvalue weighted by Crippen LogP contribution is 2.29. The number of amides is 1. The summed E-state index contributed by atoms with van der Waals surface area (Å²) in [5, 5.41) is 9.04. The van der Waals surface area contributed by atoms with E-state index < -0.39 is 0 Å². The van der Waals surface area contributed by atoms with Crippen LogP contribution in [-0.4, -0.2) is 28.4 Å². The van der Waals surface area contributed by atoms with E-state index in [1.165, 1.54) is 10.9 Å². The molecule has 2 aromatic heterocycles. The lowest BCUT2D eigenvalue weighted by Crippen LogP contribution is -2.20. The first-order valence-corrected chi connectivity index (χ1v) is 13.6. The molecule has 0 fully saturated rings. The summed E-state index contributed by atoms with van der Waals surface area (Å²) in [5.74, 6) is 0.829. The first-order chi connectivity index (χ1) is 19.9. The minimum absolute atomic E-state index is 0.162. The second-order valence-electron chi connectivity index (χ2n) is 9.00. The average molecular weight is 628 g/mol. The van der Waals surface area contributed by atoms with Gasteiger partial charge in [-0.1, -0.05) is 41.9 Å². The molecule has 4 aromatic carbocycles. The first kappa shape index (κ1) is 26.5. The molecule has 0 atom stereocenters. The van der Waals surface area contributed by atoms with Crippen molar-refractivity contribution in [2.45, 2.75) is 0 Å². The largest absolute Gasteiger partial charge is 0.483 e. The number of aromatic nitrogens is 2. The third-order valence-corrected chi connectivity index (χ3v) is 7.00. The van der Waals surface area contributed by atoms with E-state index >= 15 is 0 Å². The van der Waals surface area contributed by atoms with Gasteiger partial charge in [-0.05, 0) is 88.2 Å². The van der Waals surface area contributed by atoms with Gasteiger partial charge in [0.2, 0.25) is 5.82 Å². The van der Waals surface area contributed by atoms with Crippen LogP contribution < -0.4 is 15.6 Å². The highest BCUT2D eigenvalue weighted by molar-refractivity contribution is 9.10. The molecule has 10 heteroatoms. The number of hydrogen-bond donors (Lipinski definition) is 1. The lowest BCUT2D eigenvalue weighted by Gasteiger charge is -2.10. The van der Waals surface area contributed by atoms with Crippen molar-refractivity contribution < 1.29 is 13.9 Å². The van der Waals surface area contributed by atoms with Gasteiger partial charge in [-0.15, -0.1) is 0 Å². The number of anilines is 1. The van der Waals surface area contributed by atoms with Gasteiger partial charge in [0.15, 0.2) is 12.4 Å². The molecule has 0 saturated carbocycles. The zero-order chi connectivity index (χ0) is 28.3. The molecular formula is C31H20BrClN4O4. The highest BCUT2D eigenvalue weighted by Gasteiger charge is 2.17. The minimum atomic E-state index is -0.344. The number of para-hydroxylation sites is 2. The van der Waals surface area contributed by atoms with Gasteiger partial charge in [0.25, 0.3) is 11.5 Å². The Morgan fingerprint density at radius 3 is 2.66 bits per heavy atom. The van der Waals surface area contributed by atoms with E-state index in [1.54, 1.807) is 72.8 Å². The number of hydrogen-bond acceptors (Lipinski definition) is 6. The Balaban J connectivity index is 1.28. The van der Waals surface area contributed by atoms with Gasteiger partial charge in [0.05, 0.1) is 21.6 Å². The van der Waals surface area contributed by atoms with Crippen molar-refractivity contribution in [1.82, 2.24) is 9.66 Å². The van der Waals surface area contributed by atoms with E-state index in [9.17, 15) is 9.59 Å². The SMILES string of the molecule is O=C(COc1ccc(C=Nn2c(-c3cc4cc(Cl)ccc4o3)nc3ccccc3c2=O)cc1Br)Nc1ccccc1. The van der Waals surface area contributed by atoms with Crippen LogP contribution in [0.4, 0.5) is 5.69 Å². The summed E-state index contributed by atoms with van der Waals surface area (Å²) in [5.41, 5.74) is 2.16. The number of carbonyl (C=O) groups is 1. The third-order valence-electron chi connectivity index (χ3n) is 6.15. The zero-order valence-electron chi connectivity index (χ0n) is 21.3. The number of furan rings is 1. The van der Waals surface area contributed by atoms with Crippen LogP contribution in [0.15, 0.2) is 116 Å². The van der Waals surface area contributed by atoms with Crippen molar-refractivity contribution in [3.05, 3.63) is 122 Å². The summed E-state index contributed by atoms with van der Waals surface area (Å²) < 4.78 is 13.5. The van der Waals surface area contributed by atoms with Crippen molar-refractivity contribution >= 4 is 67.2 Å². The maximum Gasteiger partial charge on any atom is 0.282 e. The number of carbonyl (C=O) groups excluding carboxylic acids is 1. The van der Waals surface area contributed by atoms with Gasteiger partial charge in [-0.3, -0.25) is 9.59 Å². The summed E-state index contributed by atoms with van der Waals surface area (Å²) in [6, 6.07) is 28.5. The van der Waals surface area contributed by atoms with E-state index in [4.69, 9.17) is 25.7 Å². The van der Waals surface area contributed by atoms with Crippen LogP contribution >= 0.6 is 27.5 Å². The lowest BCUT2D eigenvalue weighted by molar-refractivity contribution is -0.118. The Morgan fingerprint density at radius 1 is 1.02 bits per heavy atom. The molecule has 8 nitrogen and oxygen atoms in total. The van der Waals surface area contributed by atoms with Crippen LogP contribution in [0.25, 0.3) is 33.5 Å². The average Bonchev–Trinajstić information content (AvgIpc) is 3.40. The molecule has 0 saturated heterocycles. The summed E-state index contributed by atoms with van der Waals surface area (Å²) in [7, 11) is 0. The van der Waals surface area contributed by atoms with E-state index in [0.717, 1.165) is 5.39 Å².